The summed E-state index contributed by atoms with van der Waals surface area (Å²) in [6.45, 7) is 1.61. The van der Waals surface area contributed by atoms with E-state index in [1.807, 2.05) is 0 Å². The molecule has 0 aliphatic carbocycles. The molecule has 8 heavy (non-hydrogen) atoms. The lowest BCUT2D eigenvalue weighted by Crippen LogP contribution is -2.02. The van der Waals surface area contributed by atoms with Crippen molar-refractivity contribution in [3.05, 3.63) is 0 Å². The van der Waals surface area contributed by atoms with Gasteiger partial charge in [-0.2, -0.15) is 0 Å². The average Bonchev–Trinajstić information content (AvgIpc) is 1.69. The van der Waals surface area contributed by atoms with Crippen molar-refractivity contribution in [3.8, 4) is 0 Å². The second-order valence-corrected chi connectivity index (χ2v) is 1.64. The average molecular weight is 132 g/mol. The second kappa shape index (κ2) is 10.4. The predicted molar refractivity (Wildman–Crippen MR) is 41.9 cm³/mol. The van der Waals surface area contributed by atoms with Crippen molar-refractivity contribution in [1.29, 1.82) is 0 Å². The fourth-order valence-electron chi connectivity index (χ4n) is 0.465. The lowest BCUT2D eigenvalue weighted by molar-refractivity contribution is 0.695. The minimum absolute atomic E-state index is 0. The summed E-state index contributed by atoms with van der Waals surface area (Å²) in [5.74, 6) is 0. The van der Waals surface area contributed by atoms with Gasteiger partial charge in [0.1, 0.15) is 0 Å². The van der Waals surface area contributed by atoms with Crippen LogP contribution in [-0.2, 0) is 0 Å². The zero-order valence-electron chi connectivity index (χ0n) is 4.69. The molecule has 0 radical (unpaired) electrons. The lowest BCUT2D eigenvalue weighted by atomic mass is 10.2. The molecule has 0 saturated heterocycles. The molecule has 2 nitrogen and oxygen atoms in total. The quantitative estimate of drug-likeness (QED) is 0.376. The van der Waals surface area contributed by atoms with Crippen LogP contribution >= 0.6 is 0 Å². The Hall–Kier alpha value is 0.452. The minimum Gasteiger partial charge on any atom is -0.330 e. The maximum atomic E-state index is 5.23. The van der Waals surface area contributed by atoms with Gasteiger partial charge in [0, 0.05) is 0 Å². The van der Waals surface area contributed by atoms with Crippen LogP contribution in [0.5, 0.6) is 0 Å². The number of unbranched alkanes of at least 4 members (excludes halogenated alkanes) is 2. The van der Waals surface area contributed by atoms with Crippen molar-refractivity contribution in [3.63, 3.8) is 0 Å². The summed E-state index contributed by atoms with van der Waals surface area (Å²) >= 11 is 0. The summed E-state index contributed by atoms with van der Waals surface area (Å²) in [7, 11) is 0. The summed E-state index contributed by atoms with van der Waals surface area (Å²) in [6.07, 6.45) is 3.43. The first-order valence-electron chi connectivity index (χ1n) is 2.82. The first-order valence-corrected chi connectivity index (χ1v) is 2.82. The molecule has 0 bridgehead atoms. The Morgan fingerprint density at radius 2 is 1.12 bits per heavy atom. The van der Waals surface area contributed by atoms with E-state index < -0.39 is 0 Å². The molecule has 0 amide bonds. The van der Waals surface area contributed by atoms with E-state index in [0.717, 1.165) is 25.9 Å². The summed E-state index contributed by atoms with van der Waals surface area (Å²) in [5.41, 5.74) is 10.5. The Bertz CT molecular complexity index is 29.6. The van der Waals surface area contributed by atoms with Crippen LogP contribution in [0.2, 0.25) is 0 Å². The molecule has 0 heterocycles. The van der Waals surface area contributed by atoms with Gasteiger partial charge in [0.15, 0.2) is 17.4 Å². The second-order valence-electron chi connectivity index (χ2n) is 1.64. The molecule has 0 aromatic heterocycles. The highest BCUT2D eigenvalue weighted by atomic mass is 27.0. The van der Waals surface area contributed by atoms with Gasteiger partial charge in [0.25, 0.3) is 0 Å². The van der Waals surface area contributed by atoms with Crippen molar-refractivity contribution in [2.24, 2.45) is 11.5 Å². The molecule has 0 saturated carbocycles. The molecule has 0 atom stereocenters. The van der Waals surface area contributed by atoms with E-state index in [1.165, 1.54) is 6.42 Å². The molecule has 0 rings (SSSR count). The molecule has 0 aliphatic rings. The van der Waals surface area contributed by atoms with Gasteiger partial charge in [0.2, 0.25) is 0 Å². The predicted octanol–water partition coefficient (Wildman–Crippen LogP) is -1.11. The lowest BCUT2D eigenvalue weighted by Gasteiger charge is -1.91. The Labute approximate surface area is 61.8 Å². The SMILES string of the molecule is NCCCCCN.[AlH3]. The number of rotatable bonds is 4. The van der Waals surface area contributed by atoms with E-state index >= 15 is 0 Å². The summed E-state index contributed by atoms with van der Waals surface area (Å²) in [4.78, 5) is 0. The van der Waals surface area contributed by atoms with Crippen LogP contribution < -0.4 is 11.5 Å². The Kier molecular flexibility index (Phi) is 14.7. The van der Waals surface area contributed by atoms with Crippen LogP contribution in [-0.4, -0.2) is 30.5 Å². The number of hydrogen-bond acceptors (Lipinski definition) is 2. The molecule has 0 unspecified atom stereocenters. The van der Waals surface area contributed by atoms with Gasteiger partial charge in [-0.3, -0.25) is 0 Å². The smallest absolute Gasteiger partial charge is 0.187 e. The van der Waals surface area contributed by atoms with E-state index in [9.17, 15) is 0 Å². The molecule has 50 valence electrons. The van der Waals surface area contributed by atoms with Crippen LogP contribution in [0.15, 0.2) is 0 Å². The van der Waals surface area contributed by atoms with Crippen LogP contribution in [0.4, 0.5) is 0 Å². The monoisotopic (exact) mass is 132 g/mol. The fraction of sp³-hybridized carbons (Fsp3) is 1.00. The summed E-state index contributed by atoms with van der Waals surface area (Å²) in [5, 5.41) is 0. The van der Waals surface area contributed by atoms with Crippen LogP contribution in [0.25, 0.3) is 0 Å². The first kappa shape index (κ1) is 11.3. The van der Waals surface area contributed by atoms with Gasteiger partial charge in [-0.05, 0) is 25.9 Å². The Morgan fingerprint density at radius 3 is 1.38 bits per heavy atom. The van der Waals surface area contributed by atoms with Gasteiger partial charge >= 0.3 is 0 Å². The highest BCUT2D eigenvalue weighted by molar-refractivity contribution is 5.75. The zero-order chi connectivity index (χ0) is 5.54. The van der Waals surface area contributed by atoms with Gasteiger partial charge in [0.05, 0.1) is 0 Å². The largest absolute Gasteiger partial charge is 0.330 e. The molecule has 0 spiro atoms. The van der Waals surface area contributed by atoms with E-state index in [-0.39, 0.29) is 17.4 Å². The molecule has 0 aromatic carbocycles. The van der Waals surface area contributed by atoms with Crippen molar-refractivity contribution >= 4 is 17.4 Å². The van der Waals surface area contributed by atoms with Gasteiger partial charge < -0.3 is 11.5 Å². The number of hydrogen-bond donors (Lipinski definition) is 2. The molecule has 3 heteroatoms. The topological polar surface area (TPSA) is 52.0 Å². The van der Waals surface area contributed by atoms with Gasteiger partial charge in [-0.25, -0.2) is 0 Å². The van der Waals surface area contributed by atoms with E-state index in [1.54, 1.807) is 0 Å². The molecule has 4 N–H and O–H groups in total. The Morgan fingerprint density at radius 1 is 0.750 bits per heavy atom. The van der Waals surface area contributed by atoms with Crippen LogP contribution in [0.1, 0.15) is 19.3 Å². The highest BCUT2D eigenvalue weighted by Gasteiger charge is 1.80. The molecule has 0 aromatic rings. The maximum Gasteiger partial charge on any atom is 0.187 e. The third-order valence-corrected chi connectivity index (χ3v) is 0.908. The van der Waals surface area contributed by atoms with Gasteiger partial charge in [-0.1, -0.05) is 6.42 Å². The van der Waals surface area contributed by atoms with E-state index in [0.29, 0.717) is 0 Å². The minimum atomic E-state index is 0. The maximum absolute atomic E-state index is 5.23. The number of nitrogens with two attached hydrogens (primary N) is 2. The van der Waals surface area contributed by atoms with Crippen molar-refractivity contribution in [2.45, 2.75) is 19.3 Å². The molecule has 0 aliphatic heterocycles. The standard InChI is InChI=1S/C5H14N2.Al.3H/c6-4-2-1-3-5-7;;;;/h1-7H2;;;;. The third kappa shape index (κ3) is 9.68. The normalized spacial score (nSPS) is 8.25. The van der Waals surface area contributed by atoms with Gasteiger partial charge in [-0.15, -0.1) is 0 Å². The molecule has 0 fully saturated rings. The fourth-order valence-corrected chi connectivity index (χ4v) is 0.465. The first-order chi connectivity index (χ1) is 3.41. The summed E-state index contributed by atoms with van der Waals surface area (Å²) in [6, 6.07) is 0. The van der Waals surface area contributed by atoms with E-state index in [4.69, 9.17) is 11.5 Å². The van der Waals surface area contributed by atoms with Crippen molar-refractivity contribution in [2.75, 3.05) is 13.1 Å². The van der Waals surface area contributed by atoms with Crippen LogP contribution in [0, 0.1) is 0 Å². The summed E-state index contributed by atoms with van der Waals surface area (Å²) < 4.78 is 0. The highest BCUT2D eigenvalue weighted by Crippen LogP contribution is 1.88. The zero-order valence-corrected chi connectivity index (χ0v) is 4.69. The van der Waals surface area contributed by atoms with Crippen molar-refractivity contribution < 1.29 is 0 Å². The Balaban J connectivity index is 0. The van der Waals surface area contributed by atoms with Crippen molar-refractivity contribution in [1.82, 2.24) is 0 Å². The van der Waals surface area contributed by atoms with Crippen LogP contribution in [0.3, 0.4) is 0 Å². The molecular weight excluding hydrogens is 115 g/mol. The van der Waals surface area contributed by atoms with E-state index in [2.05, 4.69) is 0 Å². The third-order valence-electron chi connectivity index (χ3n) is 0.908. The molecular formula is C5H17AlN2.